The van der Waals surface area contributed by atoms with Gasteiger partial charge in [-0.1, -0.05) is 36.4 Å². The van der Waals surface area contributed by atoms with Crippen LogP contribution in [-0.2, 0) is 0 Å². The standard InChI is InChI=1S/C15H17NO.ClH.H2O/c1-16(2)10-9-15(17)14-8-7-12-5-3-4-6-13(12)11-14;;/h3-8,11H,9-10H2,1-2H3;1H;1H2. The second-order valence-corrected chi connectivity index (χ2v) is 4.54. The van der Waals surface area contributed by atoms with Gasteiger partial charge in [-0.2, -0.15) is 0 Å². The molecule has 0 aliphatic rings. The van der Waals surface area contributed by atoms with Crippen LogP contribution in [0.2, 0.25) is 0 Å². The first-order chi connectivity index (χ1) is 8.16. The summed E-state index contributed by atoms with van der Waals surface area (Å²) in [5.41, 5.74) is 0.811. The van der Waals surface area contributed by atoms with Gasteiger partial charge in [0.2, 0.25) is 0 Å². The van der Waals surface area contributed by atoms with Gasteiger partial charge in [-0.3, -0.25) is 4.79 Å². The van der Waals surface area contributed by atoms with Crippen molar-refractivity contribution in [2.75, 3.05) is 20.6 Å². The van der Waals surface area contributed by atoms with Gasteiger partial charge in [0.05, 0.1) is 0 Å². The second kappa shape index (κ2) is 7.89. The average Bonchev–Trinajstić information content (AvgIpc) is 2.35. The van der Waals surface area contributed by atoms with Gasteiger partial charge in [0.1, 0.15) is 0 Å². The Hall–Kier alpha value is -1.42. The van der Waals surface area contributed by atoms with Crippen LogP contribution in [0.3, 0.4) is 0 Å². The fourth-order valence-corrected chi connectivity index (χ4v) is 1.83. The van der Waals surface area contributed by atoms with Gasteiger partial charge in [-0.05, 0) is 30.9 Å². The van der Waals surface area contributed by atoms with E-state index in [-0.39, 0.29) is 23.7 Å². The highest BCUT2D eigenvalue weighted by atomic mass is 35.5. The molecule has 0 bridgehead atoms. The van der Waals surface area contributed by atoms with Crippen LogP contribution < -0.4 is 0 Å². The normalized spacial score (nSPS) is 9.84. The number of fused-ring (bicyclic) bond motifs is 1. The Kier molecular flexibility index (Phi) is 7.30. The summed E-state index contributed by atoms with van der Waals surface area (Å²) in [5, 5.41) is 2.31. The molecule has 0 radical (unpaired) electrons. The zero-order chi connectivity index (χ0) is 12.3. The summed E-state index contributed by atoms with van der Waals surface area (Å²) in [5.74, 6) is 0.212. The Morgan fingerprint density at radius 1 is 1.05 bits per heavy atom. The van der Waals surface area contributed by atoms with E-state index in [0.29, 0.717) is 6.42 Å². The number of nitrogens with zero attached hydrogens (tertiary/aromatic N) is 1. The van der Waals surface area contributed by atoms with E-state index in [1.807, 2.05) is 55.4 Å². The molecule has 0 saturated heterocycles. The van der Waals surface area contributed by atoms with Crippen molar-refractivity contribution in [3.63, 3.8) is 0 Å². The van der Waals surface area contributed by atoms with Crippen molar-refractivity contribution in [3.8, 4) is 0 Å². The minimum Gasteiger partial charge on any atom is -0.412 e. The van der Waals surface area contributed by atoms with Gasteiger partial charge in [0.25, 0.3) is 0 Å². The molecule has 2 N–H and O–H groups in total. The second-order valence-electron chi connectivity index (χ2n) is 4.54. The highest BCUT2D eigenvalue weighted by Crippen LogP contribution is 2.16. The molecule has 0 aliphatic carbocycles. The van der Waals surface area contributed by atoms with Gasteiger partial charge >= 0.3 is 0 Å². The molecule has 4 heteroatoms. The molecule has 2 aromatic carbocycles. The summed E-state index contributed by atoms with van der Waals surface area (Å²) < 4.78 is 0. The summed E-state index contributed by atoms with van der Waals surface area (Å²) in [4.78, 5) is 14.0. The first-order valence-electron chi connectivity index (χ1n) is 5.83. The molecule has 3 nitrogen and oxygen atoms in total. The number of benzene rings is 2. The van der Waals surface area contributed by atoms with Crippen LogP contribution in [0.25, 0.3) is 10.8 Å². The molecule has 0 aromatic heterocycles. The summed E-state index contributed by atoms with van der Waals surface area (Å²) in [6.45, 7) is 0.797. The molecule has 0 aliphatic heterocycles. The zero-order valence-electron chi connectivity index (χ0n) is 11.2. The molecule has 0 unspecified atom stereocenters. The molecule has 0 spiro atoms. The van der Waals surface area contributed by atoms with Crippen molar-refractivity contribution in [1.82, 2.24) is 4.90 Å². The van der Waals surface area contributed by atoms with Crippen LogP contribution in [-0.4, -0.2) is 36.8 Å². The van der Waals surface area contributed by atoms with Gasteiger partial charge in [-0.25, -0.2) is 0 Å². The Labute approximate surface area is 119 Å². The van der Waals surface area contributed by atoms with E-state index in [4.69, 9.17) is 0 Å². The van der Waals surface area contributed by atoms with Crippen molar-refractivity contribution in [3.05, 3.63) is 48.0 Å². The van der Waals surface area contributed by atoms with Crippen LogP contribution in [0.1, 0.15) is 16.8 Å². The minimum absolute atomic E-state index is 0. The quantitative estimate of drug-likeness (QED) is 0.809. The Bertz CT molecular complexity index is 540. The van der Waals surface area contributed by atoms with E-state index < -0.39 is 0 Å². The Morgan fingerprint density at radius 3 is 2.32 bits per heavy atom. The number of hydrogen-bond donors (Lipinski definition) is 0. The highest BCUT2D eigenvalue weighted by Gasteiger charge is 2.06. The smallest absolute Gasteiger partial charge is 0.164 e. The molecular formula is C15H20ClNO2. The monoisotopic (exact) mass is 281 g/mol. The van der Waals surface area contributed by atoms with Gasteiger partial charge in [0.15, 0.2) is 5.78 Å². The van der Waals surface area contributed by atoms with E-state index in [1.165, 1.54) is 5.39 Å². The molecule has 0 fully saturated rings. The lowest BCUT2D eigenvalue weighted by Crippen LogP contribution is -2.16. The van der Waals surface area contributed by atoms with E-state index in [2.05, 4.69) is 6.07 Å². The third-order valence-electron chi connectivity index (χ3n) is 2.86. The molecular weight excluding hydrogens is 262 g/mol. The summed E-state index contributed by atoms with van der Waals surface area (Å²) in [7, 11) is 3.96. The van der Waals surface area contributed by atoms with Crippen molar-refractivity contribution in [1.29, 1.82) is 0 Å². The number of Topliss-reactive ketones (excluding diaryl/α,β-unsaturated/α-hetero) is 1. The molecule has 0 atom stereocenters. The predicted octanol–water partition coefficient (Wildman–Crippen LogP) is 2.57. The first kappa shape index (κ1) is 17.6. The lowest BCUT2D eigenvalue weighted by molar-refractivity contribution is 0.0972. The summed E-state index contributed by atoms with van der Waals surface area (Å²) >= 11 is 0. The Morgan fingerprint density at radius 2 is 1.68 bits per heavy atom. The largest absolute Gasteiger partial charge is 0.412 e. The molecule has 0 amide bonds. The zero-order valence-corrected chi connectivity index (χ0v) is 12.0. The van der Waals surface area contributed by atoms with Crippen molar-refractivity contribution >= 4 is 29.0 Å². The van der Waals surface area contributed by atoms with Crippen molar-refractivity contribution in [2.24, 2.45) is 0 Å². The van der Waals surface area contributed by atoms with E-state index in [9.17, 15) is 4.79 Å². The molecule has 104 valence electrons. The number of carbonyl (C=O) groups is 1. The summed E-state index contributed by atoms with van der Waals surface area (Å²) in [6, 6.07) is 14.0. The van der Waals surface area contributed by atoms with Crippen LogP contribution in [0.4, 0.5) is 0 Å². The van der Waals surface area contributed by atoms with Crippen LogP contribution in [0.5, 0.6) is 0 Å². The lowest BCUT2D eigenvalue weighted by Gasteiger charge is -2.08. The van der Waals surface area contributed by atoms with Gasteiger partial charge in [0, 0.05) is 18.5 Å². The van der Waals surface area contributed by atoms with E-state index in [0.717, 1.165) is 17.5 Å². The fraction of sp³-hybridized carbons (Fsp3) is 0.267. The first-order valence-corrected chi connectivity index (χ1v) is 5.83. The molecule has 0 heterocycles. The van der Waals surface area contributed by atoms with Crippen molar-refractivity contribution in [2.45, 2.75) is 6.42 Å². The van der Waals surface area contributed by atoms with Crippen LogP contribution in [0, 0.1) is 0 Å². The fourth-order valence-electron chi connectivity index (χ4n) is 1.83. The molecule has 0 saturated carbocycles. The maximum atomic E-state index is 12.0. The number of halogens is 1. The summed E-state index contributed by atoms with van der Waals surface area (Å²) in [6.07, 6.45) is 0.575. The molecule has 2 aromatic rings. The maximum absolute atomic E-state index is 12.0. The minimum atomic E-state index is 0. The molecule has 19 heavy (non-hydrogen) atoms. The SMILES string of the molecule is CN(C)CCC(=O)c1ccc2ccccc2c1.Cl.O. The molecule has 2 rings (SSSR count). The third kappa shape index (κ3) is 4.63. The van der Waals surface area contributed by atoms with Crippen molar-refractivity contribution < 1.29 is 10.3 Å². The highest BCUT2D eigenvalue weighted by molar-refractivity contribution is 6.00. The van der Waals surface area contributed by atoms with Crippen LogP contribution in [0.15, 0.2) is 42.5 Å². The number of carbonyl (C=O) groups excluding carboxylic acids is 1. The van der Waals surface area contributed by atoms with Crippen LogP contribution >= 0.6 is 12.4 Å². The number of rotatable bonds is 4. The lowest BCUT2D eigenvalue weighted by atomic mass is 10.0. The Balaban J connectivity index is 0.00000162. The maximum Gasteiger partial charge on any atom is 0.164 e. The van der Waals surface area contributed by atoms with Gasteiger partial charge in [-0.15, -0.1) is 12.4 Å². The third-order valence-corrected chi connectivity index (χ3v) is 2.86. The van der Waals surface area contributed by atoms with Gasteiger partial charge < -0.3 is 10.4 Å². The topological polar surface area (TPSA) is 51.8 Å². The predicted molar refractivity (Wildman–Crippen MR) is 82.3 cm³/mol. The number of hydrogen-bond acceptors (Lipinski definition) is 2. The average molecular weight is 282 g/mol. The number of ketones is 1. The van der Waals surface area contributed by atoms with E-state index in [1.54, 1.807) is 0 Å². The van der Waals surface area contributed by atoms with E-state index >= 15 is 0 Å².